The number of hydrogen-bond acceptors (Lipinski definition) is 0. The maximum Gasteiger partial charge on any atom is 0.198 e. The molecule has 12 heavy (non-hydrogen) atoms. The van der Waals surface area contributed by atoms with Gasteiger partial charge in [-0.25, -0.2) is 0 Å². The molecule has 0 bridgehead atoms. The molecule has 2 N–H and O–H groups in total. The molecule has 0 aliphatic heterocycles. The van der Waals surface area contributed by atoms with Crippen LogP contribution in [0.1, 0.15) is 13.8 Å². The standard InChI is InChI=1S/C6H6.2C2H5.Al.H2O/c1-2-4-6-5-3-1;2*1-2;;/h1-6H;2*1H2,2H3;;1H2. The topological polar surface area (TPSA) is 31.5 Å². The Morgan fingerprint density at radius 2 is 1.00 bits per heavy atom. The van der Waals surface area contributed by atoms with Crippen molar-refractivity contribution in [2.45, 2.75) is 24.4 Å². The minimum Gasteiger partial charge on any atom is -0.412 e. The zero-order valence-electron chi connectivity index (χ0n) is 7.96. The predicted molar refractivity (Wildman–Crippen MR) is 56.8 cm³/mol. The lowest BCUT2D eigenvalue weighted by molar-refractivity contribution is 0.824. The molecule has 1 aromatic carbocycles. The summed E-state index contributed by atoms with van der Waals surface area (Å²) < 4.78 is 0. The SMILES string of the molecule is C[CH2][Al][CH2]C.O.c1ccccc1. The van der Waals surface area contributed by atoms with Gasteiger partial charge in [-0.15, -0.1) is 10.6 Å². The zero-order valence-corrected chi connectivity index (χ0v) is 9.11. The van der Waals surface area contributed by atoms with Crippen LogP contribution >= 0.6 is 0 Å². The molecule has 0 unspecified atom stereocenters. The van der Waals surface area contributed by atoms with Crippen molar-refractivity contribution in [3.8, 4) is 0 Å². The highest BCUT2D eigenvalue weighted by Crippen LogP contribution is 1.80. The second kappa shape index (κ2) is 13.3. The van der Waals surface area contributed by atoms with E-state index in [0.29, 0.717) is 0 Å². The first-order chi connectivity index (χ1) is 5.41. The van der Waals surface area contributed by atoms with Gasteiger partial charge in [-0.2, -0.15) is 0 Å². The van der Waals surface area contributed by atoms with Crippen molar-refractivity contribution < 1.29 is 5.48 Å². The van der Waals surface area contributed by atoms with E-state index in [1.807, 2.05) is 36.4 Å². The van der Waals surface area contributed by atoms with Crippen molar-refractivity contribution >= 4 is 15.2 Å². The summed E-state index contributed by atoms with van der Waals surface area (Å²) in [6.07, 6.45) is 0. The highest BCUT2D eigenvalue weighted by molar-refractivity contribution is 6.34. The van der Waals surface area contributed by atoms with Crippen LogP contribution in [-0.2, 0) is 0 Å². The number of rotatable bonds is 2. The lowest BCUT2D eigenvalue weighted by Crippen LogP contribution is -1.76. The van der Waals surface area contributed by atoms with Gasteiger partial charge in [0.15, 0.2) is 15.2 Å². The van der Waals surface area contributed by atoms with Crippen molar-refractivity contribution in [3.63, 3.8) is 0 Å². The molecule has 67 valence electrons. The van der Waals surface area contributed by atoms with Crippen LogP contribution in [0.15, 0.2) is 36.4 Å². The second-order valence-electron chi connectivity index (χ2n) is 2.26. The van der Waals surface area contributed by atoms with Gasteiger partial charge in [0.25, 0.3) is 0 Å². The highest BCUT2D eigenvalue weighted by Gasteiger charge is 1.74. The first-order valence-electron chi connectivity index (χ1n) is 4.23. The molecule has 0 amide bonds. The van der Waals surface area contributed by atoms with Crippen LogP contribution in [0, 0.1) is 0 Å². The summed E-state index contributed by atoms with van der Waals surface area (Å²) in [5, 5.41) is 2.85. The first-order valence-corrected chi connectivity index (χ1v) is 5.86. The number of hydrogen-bond donors (Lipinski definition) is 0. The van der Waals surface area contributed by atoms with E-state index in [2.05, 4.69) is 13.8 Å². The Kier molecular flexibility index (Phi) is 15.8. The molecule has 1 nitrogen and oxygen atoms in total. The van der Waals surface area contributed by atoms with E-state index in [9.17, 15) is 0 Å². The summed E-state index contributed by atoms with van der Waals surface area (Å²) in [5.74, 6) is 0. The quantitative estimate of drug-likeness (QED) is 0.627. The predicted octanol–water partition coefficient (Wildman–Crippen LogP) is 2.43. The van der Waals surface area contributed by atoms with E-state index in [-0.39, 0.29) is 5.48 Å². The van der Waals surface area contributed by atoms with Crippen LogP contribution in [-0.4, -0.2) is 20.7 Å². The summed E-state index contributed by atoms with van der Waals surface area (Å²) >= 11 is 0.815. The Morgan fingerprint density at radius 1 is 0.750 bits per heavy atom. The normalized spacial score (nSPS) is 7.17. The van der Waals surface area contributed by atoms with Gasteiger partial charge in [-0.05, 0) is 0 Å². The molecule has 1 aromatic rings. The van der Waals surface area contributed by atoms with E-state index >= 15 is 0 Å². The van der Waals surface area contributed by atoms with Gasteiger partial charge >= 0.3 is 0 Å². The third-order valence-electron chi connectivity index (χ3n) is 1.24. The molecular weight excluding hydrogens is 163 g/mol. The summed E-state index contributed by atoms with van der Waals surface area (Å²) in [4.78, 5) is 0. The Labute approximate surface area is 81.8 Å². The van der Waals surface area contributed by atoms with Crippen LogP contribution < -0.4 is 0 Å². The van der Waals surface area contributed by atoms with Crippen molar-refractivity contribution in [1.82, 2.24) is 0 Å². The van der Waals surface area contributed by atoms with E-state index in [4.69, 9.17) is 0 Å². The van der Waals surface area contributed by atoms with E-state index in [0.717, 1.165) is 15.2 Å². The molecule has 0 heterocycles. The molecule has 1 rings (SSSR count). The van der Waals surface area contributed by atoms with Gasteiger partial charge in [0.1, 0.15) is 0 Å². The summed E-state index contributed by atoms with van der Waals surface area (Å²) in [5.41, 5.74) is 0. The highest BCUT2D eigenvalue weighted by atomic mass is 27.1. The molecule has 0 fully saturated rings. The van der Waals surface area contributed by atoms with Gasteiger partial charge in [0.2, 0.25) is 0 Å². The van der Waals surface area contributed by atoms with Gasteiger partial charge in [-0.1, -0.05) is 50.2 Å². The minimum absolute atomic E-state index is 0. The Bertz CT molecular complexity index is 113. The van der Waals surface area contributed by atoms with Crippen molar-refractivity contribution in [1.29, 1.82) is 0 Å². The summed E-state index contributed by atoms with van der Waals surface area (Å²) in [7, 11) is 0. The van der Waals surface area contributed by atoms with Crippen LogP contribution in [0.4, 0.5) is 0 Å². The molecular formula is C10H18AlO. The van der Waals surface area contributed by atoms with Crippen molar-refractivity contribution in [2.75, 3.05) is 0 Å². The maximum atomic E-state index is 2.25. The summed E-state index contributed by atoms with van der Waals surface area (Å²) in [6, 6.07) is 12.0. The molecule has 0 saturated carbocycles. The lowest BCUT2D eigenvalue weighted by Gasteiger charge is -1.74. The molecule has 0 spiro atoms. The molecule has 0 saturated heterocycles. The average Bonchev–Trinajstić information content (AvgIpc) is 2.10. The van der Waals surface area contributed by atoms with Gasteiger partial charge < -0.3 is 5.48 Å². The third-order valence-corrected chi connectivity index (χ3v) is 2.40. The third kappa shape index (κ3) is 12.4. The Hall–Kier alpha value is -0.288. The van der Waals surface area contributed by atoms with Crippen molar-refractivity contribution in [3.05, 3.63) is 36.4 Å². The minimum atomic E-state index is 0. The van der Waals surface area contributed by atoms with Crippen molar-refractivity contribution in [2.24, 2.45) is 0 Å². The monoisotopic (exact) mass is 181 g/mol. The molecule has 0 atom stereocenters. The first kappa shape index (κ1) is 14.2. The van der Waals surface area contributed by atoms with Gasteiger partial charge in [-0.3, -0.25) is 0 Å². The van der Waals surface area contributed by atoms with Crippen LogP contribution in [0.25, 0.3) is 0 Å². The fourth-order valence-corrected chi connectivity index (χ4v) is 1.25. The zero-order chi connectivity index (χ0) is 8.36. The van der Waals surface area contributed by atoms with Crippen LogP contribution in [0.5, 0.6) is 0 Å². The fourth-order valence-electron chi connectivity index (χ4n) is 0.674. The lowest BCUT2D eigenvalue weighted by atomic mass is 10.4. The van der Waals surface area contributed by atoms with Gasteiger partial charge in [0, 0.05) is 0 Å². The molecule has 1 radical (unpaired) electrons. The Balaban J connectivity index is 0. The van der Waals surface area contributed by atoms with E-state index < -0.39 is 0 Å². The van der Waals surface area contributed by atoms with Crippen LogP contribution in [0.3, 0.4) is 0 Å². The second-order valence-corrected chi connectivity index (χ2v) is 4.47. The molecule has 0 aliphatic carbocycles. The smallest absolute Gasteiger partial charge is 0.198 e. The summed E-state index contributed by atoms with van der Waals surface area (Å²) in [6.45, 7) is 4.50. The molecule has 2 heteroatoms. The molecule has 0 aliphatic rings. The number of benzene rings is 1. The fraction of sp³-hybridized carbons (Fsp3) is 0.400. The Morgan fingerprint density at radius 3 is 1.08 bits per heavy atom. The average molecular weight is 181 g/mol. The largest absolute Gasteiger partial charge is 0.412 e. The molecule has 0 aromatic heterocycles. The van der Waals surface area contributed by atoms with E-state index in [1.54, 1.807) is 0 Å². The van der Waals surface area contributed by atoms with E-state index in [1.165, 1.54) is 10.6 Å². The van der Waals surface area contributed by atoms with Gasteiger partial charge in [0.05, 0.1) is 0 Å². The van der Waals surface area contributed by atoms with Crippen LogP contribution in [0.2, 0.25) is 10.6 Å². The maximum absolute atomic E-state index is 2.25.